The third-order valence-electron chi connectivity index (χ3n) is 5.74. The monoisotopic (exact) mass is 374 g/mol. The lowest BCUT2D eigenvalue weighted by atomic mass is 9.86. The van der Waals surface area contributed by atoms with E-state index in [2.05, 4.69) is 24.8 Å². The Bertz CT molecular complexity index is 861. The predicted octanol–water partition coefficient (Wildman–Crippen LogP) is 7.71. The van der Waals surface area contributed by atoms with Crippen LogP contribution in [-0.2, 0) is 6.42 Å². The highest BCUT2D eigenvalue weighted by Gasteiger charge is 2.13. The molecular formula is C27H31F. The SMILES string of the molecule is CCCCCC1CC=C(C#Cc2ccc(-c3ccc(CC)cc3F)cc2)CC1. The zero-order valence-electron chi connectivity index (χ0n) is 17.2. The predicted molar refractivity (Wildman–Crippen MR) is 118 cm³/mol. The summed E-state index contributed by atoms with van der Waals surface area (Å²) in [6.45, 7) is 4.30. The minimum Gasteiger partial charge on any atom is -0.206 e. The normalized spacial score (nSPS) is 16.2. The first-order valence-corrected chi connectivity index (χ1v) is 10.8. The molecule has 2 aromatic rings. The maximum atomic E-state index is 14.3. The quantitative estimate of drug-likeness (QED) is 0.359. The van der Waals surface area contributed by atoms with Crippen molar-refractivity contribution < 1.29 is 4.39 Å². The molecule has 1 unspecified atom stereocenters. The molecule has 1 atom stereocenters. The van der Waals surface area contributed by atoms with Gasteiger partial charge in [-0.2, -0.15) is 0 Å². The second-order valence-corrected chi connectivity index (χ2v) is 7.86. The summed E-state index contributed by atoms with van der Waals surface area (Å²) in [6.07, 6.45) is 12.1. The van der Waals surface area contributed by atoms with Crippen molar-refractivity contribution in [2.75, 3.05) is 0 Å². The van der Waals surface area contributed by atoms with Gasteiger partial charge >= 0.3 is 0 Å². The Morgan fingerprint density at radius 1 is 1.00 bits per heavy atom. The van der Waals surface area contributed by atoms with Crippen LogP contribution in [0.3, 0.4) is 0 Å². The molecule has 0 aromatic heterocycles. The topological polar surface area (TPSA) is 0 Å². The van der Waals surface area contributed by atoms with Gasteiger partial charge in [0.15, 0.2) is 0 Å². The summed E-state index contributed by atoms with van der Waals surface area (Å²) in [4.78, 5) is 0. The average molecular weight is 375 g/mol. The van der Waals surface area contributed by atoms with E-state index in [-0.39, 0.29) is 5.82 Å². The van der Waals surface area contributed by atoms with Crippen molar-refractivity contribution in [2.24, 2.45) is 5.92 Å². The van der Waals surface area contributed by atoms with Crippen molar-refractivity contribution in [3.63, 3.8) is 0 Å². The molecule has 0 amide bonds. The molecule has 2 aromatic carbocycles. The molecule has 0 bridgehead atoms. The third-order valence-corrected chi connectivity index (χ3v) is 5.74. The van der Waals surface area contributed by atoms with Crippen LogP contribution in [0.2, 0.25) is 0 Å². The van der Waals surface area contributed by atoms with Crippen molar-refractivity contribution in [1.29, 1.82) is 0 Å². The molecular weight excluding hydrogens is 343 g/mol. The average Bonchev–Trinajstić information content (AvgIpc) is 2.74. The van der Waals surface area contributed by atoms with E-state index in [0.29, 0.717) is 5.56 Å². The fraction of sp³-hybridized carbons (Fsp3) is 0.407. The number of halogens is 1. The Kier molecular flexibility index (Phi) is 7.49. The number of aryl methyl sites for hydroxylation is 1. The van der Waals surface area contributed by atoms with Crippen molar-refractivity contribution in [2.45, 2.75) is 65.2 Å². The maximum absolute atomic E-state index is 14.3. The summed E-state index contributed by atoms with van der Waals surface area (Å²) >= 11 is 0. The lowest BCUT2D eigenvalue weighted by molar-refractivity contribution is 0.420. The number of benzene rings is 2. The van der Waals surface area contributed by atoms with Gasteiger partial charge in [0.2, 0.25) is 0 Å². The Morgan fingerprint density at radius 2 is 1.82 bits per heavy atom. The Hall–Kier alpha value is -2.33. The first-order valence-electron chi connectivity index (χ1n) is 10.8. The minimum absolute atomic E-state index is 0.154. The van der Waals surface area contributed by atoms with E-state index in [1.807, 2.05) is 43.3 Å². The molecule has 1 aliphatic rings. The highest BCUT2D eigenvalue weighted by atomic mass is 19.1. The van der Waals surface area contributed by atoms with E-state index in [0.717, 1.165) is 35.4 Å². The molecule has 0 fully saturated rings. The van der Waals surface area contributed by atoms with E-state index in [4.69, 9.17) is 0 Å². The third kappa shape index (κ3) is 5.59. The summed E-state index contributed by atoms with van der Waals surface area (Å²) < 4.78 is 14.3. The first kappa shape index (κ1) is 20.4. The molecule has 3 rings (SSSR count). The van der Waals surface area contributed by atoms with E-state index in [1.165, 1.54) is 44.1 Å². The van der Waals surface area contributed by atoms with Gasteiger partial charge in [-0.25, -0.2) is 4.39 Å². The van der Waals surface area contributed by atoms with Gasteiger partial charge in [0.25, 0.3) is 0 Å². The van der Waals surface area contributed by atoms with Crippen LogP contribution in [0.5, 0.6) is 0 Å². The van der Waals surface area contributed by atoms with Crippen LogP contribution in [0.25, 0.3) is 11.1 Å². The van der Waals surface area contributed by atoms with Crippen molar-refractivity contribution in [3.8, 4) is 23.0 Å². The molecule has 0 nitrogen and oxygen atoms in total. The summed E-state index contributed by atoms with van der Waals surface area (Å²) in [5, 5.41) is 0. The van der Waals surface area contributed by atoms with Crippen LogP contribution in [0.15, 0.2) is 54.1 Å². The van der Waals surface area contributed by atoms with Gasteiger partial charge in [0, 0.05) is 11.1 Å². The van der Waals surface area contributed by atoms with Crippen LogP contribution in [-0.4, -0.2) is 0 Å². The van der Waals surface area contributed by atoms with Gasteiger partial charge in [-0.1, -0.05) is 81.7 Å². The highest BCUT2D eigenvalue weighted by molar-refractivity contribution is 5.65. The van der Waals surface area contributed by atoms with Crippen LogP contribution in [0, 0.1) is 23.6 Å². The minimum atomic E-state index is -0.154. The van der Waals surface area contributed by atoms with Crippen molar-refractivity contribution >= 4 is 0 Å². The molecule has 0 radical (unpaired) electrons. The maximum Gasteiger partial charge on any atom is 0.131 e. The smallest absolute Gasteiger partial charge is 0.131 e. The lowest BCUT2D eigenvalue weighted by Crippen LogP contribution is -2.05. The van der Waals surface area contributed by atoms with Gasteiger partial charge in [-0.3, -0.25) is 0 Å². The number of unbranched alkanes of at least 4 members (excludes halogenated alkanes) is 2. The van der Waals surface area contributed by atoms with E-state index in [9.17, 15) is 4.39 Å². The number of hydrogen-bond donors (Lipinski definition) is 0. The second kappa shape index (κ2) is 10.3. The standard InChI is InChI=1S/C27H31F/c1-3-5-6-7-22-8-10-23(11-9-22)12-13-24-14-17-25(18-15-24)26-19-16-21(4-2)20-27(26)28/h10,14-20,22H,3-9,11H2,1-2H3. The molecule has 1 aliphatic carbocycles. The molecule has 0 saturated heterocycles. The summed E-state index contributed by atoms with van der Waals surface area (Å²) in [5.41, 5.74) is 4.84. The molecule has 0 spiro atoms. The first-order chi connectivity index (χ1) is 13.7. The lowest BCUT2D eigenvalue weighted by Gasteiger charge is -2.19. The fourth-order valence-electron chi connectivity index (χ4n) is 3.85. The number of allylic oxidation sites excluding steroid dienone is 2. The van der Waals surface area contributed by atoms with E-state index < -0.39 is 0 Å². The van der Waals surface area contributed by atoms with E-state index >= 15 is 0 Å². The zero-order chi connectivity index (χ0) is 19.8. The van der Waals surface area contributed by atoms with Crippen molar-refractivity contribution in [3.05, 3.63) is 71.1 Å². The van der Waals surface area contributed by atoms with Crippen LogP contribution >= 0.6 is 0 Å². The highest BCUT2D eigenvalue weighted by Crippen LogP contribution is 2.28. The Balaban J connectivity index is 1.61. The summed E-state index contributed by atoms with van der Waals surface area (Å²) in [5.74, 6) is 7.33. The Morgan fingerprint density at radius 3 is 2.46 bits per heavy atom. The molecule has 146 valence electrons. The number of hydrogen-bond acceptors (Lipinski definition) is 0. The fourth-order valence-corrected chi connectivity index (χ4v) is 3.85. The molecule has 28 heavy (non-hydrogen) atoms. The summed E-state index contributed by atoms with van der Waals surface area (Å²) in [6, 6.07) is 13.4. The largest absolute Gasteiger partial charge is 0.206 e. The molecule has 1 heteroatoms. The molecule has 0 saturated carbocycles. The Labute approximate surface area is 169 Å². The van der Waals surface area contributed by atoms with Gasteiger partial charge in [-0.05, 0) is 66.5 Å². The molecule has 0 aliphatic heterocycles. The van der Waals surface area contributed by atoms with Gasteiger partial charge < -0.3 is 0 Å². The molecule has 0 heterocycles. The van der Waals surface area contributed by atoms with Crippen LogP contribution < -0.4 is 0 Å². The van der Waals surface area contributed by atoms with Gasteiger partial charge in [-0.15, -0.1) is 0 Å². The van der Waals surface area contributed by atoms with Crippen LogP contribution in [0.4, 0.5) is 4.39 Å². The van der Waals surface area contributed by atoms with Crippen LogP contribution in [0.1, 0.15) is 69.9 Å². The molecule has 0 N–H and O–H groups in total. The zero-order valence-corrected chi connectivity index (χ0v) is 17.2. The summed E-state index contributed by atoms with van der Waals surface area (Å²) in [7, 11) is 0. The van der Waals surface area contributed by atoms with E-state index in [1.54, 1.807) is 6.07 Å². The second-order valence-electron chi connectivity index (χ2n) is 7.86. The van der Waals surface area contributed by atoms with Gasteiger partial charge in [0.05, 0.1) is 0 Å². The number of rotatable bonds is 6. The van der Waals surface area contributed by atoms with Gasteiger partial charge in [0.1, 0.15) is 5.82 Å². The van der Waals surface area contributed by atoms with Crippen molar-refractivity contribution in [1.82, 2.24) is 0 Å².